The fourth-order valence-electron chi connectivity index (χ4n) is 2.83. The van der Waals surface area contributed by atoms with E-state index in [4.69, 9.17) is 5.10 Å². The molecule has 0 amide bonds. The predicted molar refractivity (Wildman–Crippen MR) is 110 cm³/mol. The van der Waals surface area contributed by atoms with Gasteiger partial charge in [0.15, 0.2) is 5.71 Å². The Morgan fingerprint density at radius 3 is 2.32 bits per heavy atom. The summed E-state index contributed by atoms with van der Waals surface area (Å²) in [4.78, 5) is 0. The molecule has 1 N–H and O–H groups in total. The second-order valence-corrected chi connectivity index (χ2v) is 6.91. The van der Waals surface area contributed by atoms with Gasteiger partial charge in [-0.1, -0.05) is 66.4 Å². The van der Waals surface area contributed by atoms with Crippen LogP contribution in [0.1, 0.15) is 18.4 Å². The molecule has 4 heteroatoms. The Morgan fingerprint density at radius 1 is 1.04 bits per heavy atom. The number of thioether (sulfide) groups is 1. The Kier molecular flexibility index (Phi) is 6.46. The van der Waals surface area contributed by atoms with Crippen LogP contribution in [0.15, 0.2) is 78.4 Å². The Morgan fingerprint density at radius 2 is 1.68 bits per heavy atom. The van der Waals surface area contributed by atoms with Crippen molar-refractivity contribution < 1.29 is 4.58 Å². The Bertz CT molecular complexity index is 743. The van der Waals surface area contributed by atoms with Gasteiger partial charge in [-0.3, -0.25) is 5.43 Å². The van der Waals surface area contributed by atoms with Crippen molar-refractivity contribution in [2.75, 3.05) is 24.3 Å². The number of nitrogens with one attached hydrogen (secondary N) is 1. The summed E-state index contributed by atoms with van der Waals surface area (Å²) in [5, 5.41) is 6.02. The van der Waals surface area contributed by atoms with E-state index in [-0.39, 0.29) is 0 Å². The molecule has 0 radical (unpaired) electrons. The molecule has 0 unspecified atom stereocenters. The molecule has 0 spiro atoms. The summed E-state index contributed by atoms with van der Waals surface area (Å²) >= 11 is 1.81. The zero-order chi connectivity index (χ0) is 17.3. The number of rotatable bonds is 6. The number of benzene rings is 2. The van der Waals surface area contributed by atoms with E-state index >= 15 is 0 Å². The number of hydrazone groups is 1. The maximum atomic E-state index is 4.79. The van der Waals surface area contributed by atoms with Gasteiger partial charge >= 0.3 is 0 Å². The summed E-state index contributed by atoms with van der Waals surface area (Å²) in [6.07, 6.45) is 4.44. The second kappa shape index (κ2) is 9.23. The first-order valence-corrected chi connectivity index (χ1v) is 9.67. The van der Waals surface area contributed by atoms with E-state index in [0.717, 1.165) is 35.8 Å². The zero-order valence-corrected chi connectivity index (χ0v) is 15.2. The minimum absolute atomic E-state index is 0.878. The molecule has 1 aliphatic heterocycles. The summed E-state index contributed by atoms with van der Waals surface area (Å²) < 4.78 is 2.45. The van der Waals surface area contributed by atoms with Crippen LogP contribution in [0.4, 0.5) is 5.69 Å². The average molecular weight is 351 g/mol. The number of hydrogen-bond acceptors (Lipinski definition) is 3. The highest BCUT2D eigenvalue weighted by atomic mass is 32.2. The standard InChI is InChI=1S/C21H23N3S/c1-2-17-25-21(24-15-9-10-16-24)20(18-11-5-3-6-12-18)23-22-19-13-7-4-8-14-19/h2-8,11-14H,1,9-10,15-17H2/p+1. The number of hydrogen-bond donors (Lipinski definition) is 1. The number of para-hydroxylation sites is 1. The molecule has 1 saturated heterocycles. The van der Waals surface area contributed by atoms with Crippen molar-refractivity contribution in [3.63, 3.8) is 0 Å². The van der Waals surface area contributed by atoms with Gasteiger partial charge in [0.25, 0.3) is 5.04 Å². The van der Waals surface area contributed by atoms with Crippen LogP contribution in [-0.2, 0) is 0 Å². The monoisotopic (exact) mass is 350 g/mol. The first kappa shape index (κ1) is 17.5. The highest BCUT2D eigenvalue weighted by Gasteiger charge is 2.26. The molecule has 0 saturated carbocycles. The molecule has 0 atom stereocenters. The molecule has 3 rings (SSSR count). The summed E-state index contributed by atoms with van der Waals surface area (Å²) in [6, 6.07) is 20.5. The molecule has 2 aromatic carbocycles. The molecule has 1 aliphatic rings. The van der Waals surface area contributed by atoms with Gasteiger partial charge in [0, 0.05) is 24.2 Å². The first-order valence-electron chi connectivity index (χ1n) is 8.68. The normalized spacial score (nSPS) is 14.4. The third-order valence-electron chi connectivity index (χ3n) is 4.05. The van der Waals surface area contributed by atoms with Crippen molar-refractivity contribution in [2.24, 2.45) is 5.10 Å². The molecule has 3 nitrogen and oxygen atoms in total. The lowest BCUT2D eigenvalue weighted by Gasteiger charge is -2.10. The molecule has 0 aromatic heterocycles. The van der Waals surface area contributed by atoms with Gasteiger partial charge in [0.1, 0.15) is 13.1 Å². The van der Waals surface area contributed by atoms with Gasteiger partial charge in [-0.15, -0.1) is 6.58 Å². The highest BCUT2D eigenvalue weighted by Crippen LogP contribution is 2.17. The van der Waals surface area contributed by atoms with Gasteiger partial charge in [-0.25, -0.2) is 4.58 Å². The average Bonchev–Trinajstić information content (AvgIpc) is 3.20. The van der Waals surface area contributed by atoms with Crippen molar-refractivity contribution in [1.29, 1.82) is 0 Å². The van der Waals surface area contributed by atoms with E-state index < -0.39 is 0 Å². The number of anilines is 1. The lowest BCUT2D eigenvalue weighted by Crippen LogP contribution is -2.26. The van der Waals surface area contributed by atoms with Crippen LogP contribution >= 0.6 is 11.8 Å². The van der Waals surface area contributed by atoms with E-state index in [1.54, 1.807) is 0 Å². The van der Waals surface area contributed by atoms with E-state index in [0.29, 0.717) is 0 Å². The molecule has 2 aromatic rings. The first-order chi connectivity index (χ1) is 12.4. The van der Waals surface area contributed by atoms with Gasteiger partial charge in [0.2, 0.25) is 0 Å². The highest BCUT2D eigenvalue weighted by molar-refractivity contribution is 8.15. The topological polar surface area (TPSA) is 27.4 Å². The van der Waals surface area contributed by atoms with Crippen molar-refractivity contribution in [3.05, 3.63) is 78.9 Å². The van der Waals surface area contributed by atoms with Crippen LogP contribution in [0, 0.1) is 0 Å². The minimum atomic E-state index is 0.878. The van der Waals surface area contributed by atoms with Crippen molar-refractivity contribution in [3.8, 4) is 0 Å². The molecule has 1 heterocycles. The fourth-order valence-corrected chi connectivity index (χ4v) is 3.77. The van der Waals surface area contributed by atoms with Gasteiger partial charge < -0.3 is 0 Å². The van der Waals surface area contributed by atoms with Gasteiger partial charge in [0.05, 0.1) is 5.69 Å². The van der Waals surface area contributed by atoms with E-state index in [1.165, 1.54) is 17.9 Å². The molecule has 0 aliphatic carbocycles. The molecular weight excluding hydrogens is 326 g/mol. The predicted octanol–water partition coefficient (Wildman–Crippen LogP) is 4.63. The molecule has 1 fully saturated rings. The summed E-state index contributed by atoms with van der Waals surface area (Å²) in [7, 11) is 0. The van der Waals surface area contributed by atoms with Crippen LogP contribution in [0.5, 0.6) is 0 Å². The maximum absolute atomic E-state index is 4.79. The smallest absolute Gasteiger partial charge is 0.263 e. The van der Waals surface area contributed by atoms with Crippen LogP contribution in [0.2, 0.25) is 0 Å². The molecule has 0 bridgehead atoms. The van der Waals surface area contributed by atoms with Crippen LogP contribution < -0.4 is 5.43 Å². The SMILES string of the molecule is C=CCSC(C(=NNc1ccccc1)c1ccccc1)=[N+]1CCCC1. The maximum Gasteiger partial charge on any atom is 0.263 e. The van der Waals surface area contributed by atoms with Crippen molar-refractivity contribution in [1.82, 2.24) is 0 Å². The van der Waals surface area contributed by atoms with E-state index in [2.05, 4.69) is 40.8 Å². The quantitative estimate of drug-likeness (QED) is 0.270. The summed E-state index contributed by atoms with van der Waals surface area (Å²) in [5.74, 6) is 0.878. The lowest BCUT2D eigenvalue weighted by atomic mass is 10.1. The van der Waals surface area contributed by atoms with Crippen LogP contribution in [-0.4, -0.2) is 34.2 Å². The lowest BCUT2D eigenvalue weighted by molar-refractivity contribution is -0.501. The van der Waals surface area contributed by atoms with Crippen LogP contribution in [0.3, 0.4) is 0 Å². The van der Waals surface area contributed by atoms with Crippen molar-refractivity contribution in [2.45, 2.75) is 12.8 Å². The Balaban J connectivity index is 1.99. The van der Waals surface area contributed by atoms with Crippen molar-refractivity contribution >= 4 is 28.2 Å². The third kappa shape index (κ3) is 4.83. The Hall–Kier alpha value is -2.33. The van der Waals surface area contributed by atoms with Gasteiger partial charge in [-0.2, -0.15) is 5.10 Å². The summed E-state index contributed by atoms with van der Waals surface area (Å²) in [6.45, 7) is 6.06. The largest absolute Gasteiger partial charge is 0.278 e. The Labute approximate surface area is 154 Å². The molecular formula is C21H24N3S+. The minimum Gasteiger partial charge on any atom is -0.278 e. The number of nitrogens with zero attached hydrogens (tertiary/aromatic N) is 2. The fraction of sp³-hybridized carbons (Fsp3) is 0.238. The van der Waals surface area contributed by atoms with Gasteiger partial charge in [-0.05, 0) is 12.1 Å². The molecule has 128 valence electrons. The van der Waals surface area contributed by atoms with E-state index in [1.807, 2.05) is 54.2 Å². The van der Waals surface area contributed by atoms with Crippen LogP contribution in [0.25, 0.3) is 0 Å². The second-order valence-electron chi connectivity index (χ2n) is 5.90. The third-order valence-corrected chi connectivity index (χ3v) is 5.18. The zero-order valence-electron chi connectivity index (χ0n) is 14.4. The summed E-state index contributed by atoms with van der Waals surface area (Å²) in [5.41, 5.74) is 6.34. The van der Waals surface area contributed by atoms with E-state index in [9.17, 15) is 0 Å². The molecule has 25 heavy (non-hydrogen) atoms.